The van der Waals surface area contributed by atoms with Gasteiger partial charge in [-0.1, -0.05) is 421 Å². The van der Waals surface area contributed by atoms with Crippen LogP contribution in [0.4, 0.5) is 0 Å². The minimum atomic E-state index is -4.97. The Morgan fingerprint density at radius 3 is 0.704 bits per heavy atom. The second-order valence-electron chi connectivity index (χ2n) is 32.9. The van der Waals surface area contributed by atoms with Gasteiger partial charge in [0.1, 0.15) is 19.3 Å². The number of aliphatic hydroxyl groups is 1. The molecule has 3 N–H and O–H groups in total. The highest BCUT2D eigenvalue weighted by molar-refractivity contribution is 7.47. The van der Waals surface area contributed by atoms with Crippen molar-refractivity contribution in [2.24, 2.45) is 17.8 Å². The number of carbonyl (C=O) groups is 4. The molecule has 4 unspecified atom stereocenters. The highest BCUT2D eigenvalue weighted by atomic mass is 31.2. The number of ether oxygens (including phenoxy) is 4. The normalized spacial score (nSPS) is 14.3. The second kappa shape index (κ2) is 78.9. The standard InChI is InChI=1S/C89H174O17P2/c1-8-11-12-13-14-15-16-35-42-49-56-63-70-86(91)99-76-84(106-89(94)73-66-59-52-45-38-31-25-26-32-39-46-53-60-67-80(4)5)78-103-107(95,96)101-74-83(90)75-102-108(97,98)104-79-85(77-100-87(92)71-64-57-50-43-36-29-24-23-28-34-41-48-55-62-69-82(7)10-3)105-88(93)72-65-58-51-44-37-30-22-20-18-17-19-21-27-33-40-47-54-61-68-81(6)9-2/h80-85,90H,8-79H2,1-7H3,(H,95,96)(H,97,98)/t81?,82?,83-,84+,85+/m0/s1. The van der Waals surface area contributed by atoms with Crippen LogP contribution in [0.3, 0.4) is 0 Å². The molecule has 108 heavy (non-hydrogen) atoms. The molecule has 0 rings (SSSR count). The second-order valence-corrected chi connectivity index (χ2v) is 35.9. The topological polar surface area (TPSA) is 237 Å². The van der Waals surface area contributed by atoms with Gasteiger partial charge in [0.15, 0.2) is 12.2 Å². The summed E-state index contributed by atoms with van der Waals surface area (Å²) < 4.78 is 69.0. The summed E-state index contributed by atoms with van der Waals surface area (Å²) in [5.41, 5.74) is 0. The van der Waals surface area contributed by atoms with Gasteiger partial charge in [0.2, 0.25) is 0 Å². The van der Waals surface area contributed by atoms with E-state index in [1.807, 2.05) is 0 Å². The lowest BCUT2D eigenvalue weighted by atomic mass is 9.99. The number of phosphoric ester groups is 2. The number of esters is 4. The van der Waals surface area contributed by atoms with E-state index in [4.69, 9.17) is 37.0 Å². The summed E-state index contributed by atoms with van der Waals surface area (Å²) in [5.74, 6) is 0.409. The van der Waals surface area contributed by atoms with Crippen molar-refractivity contribution in [3.05, 3.63) is 0 Å². The average Bonchev–Trinajstić information content (AvgIpc) is 0.903. The first-order chi connectivity index (χ1) is 52.3. The van der Waals surface area contributed by atoms with Gasteiger partial charge in [0.25, 0.3) is 0 Å². The lowest BCUT2D eigenvalue weighted by Crippen LogP contribution is -2.30. The van der Waals surface area contributed by atoms with Crippen molar-refractivity contribution >= 4 is 39.5 Å². The van der Waals surface area contributed by atoms with E-state index >= 15 is 0 Å². The molecule has 0 aliphatic rings. The van der Waals surface area contributed by atoms with E-state index in [2.05, 4.69) is 48.5 Å². The number of hydrogen-bond acceptors (Lipinski definition) is 15. The SMILES string of the molecule is CCCCCCCCCCCCCCC(=O)OC[C@H](COP(=O)(O)OC[C@H](O)COP(=O)(O)OC[C@@H](COC(=O)CCCCCCCCCCCCCCCCC(C)CC)OC(=O)CCCCCCCCCCCCCCCCCCCCC(C)CC)OC(=O)CCCCCCCCCCCCCCCC(C)C. The number of phosphoric acid groups is 2. The van der Waals surface area contributed by atoms with Gasteiger partial charge >= 0.3 is 39.5 Å². The Hall–Kier alpha value is -1.94. The van der Waals surface area contributed by atoms with Crippen LogP contribution in [0.25, 0.3) is 0 Å². The first-order valence-corrected chi connectivity index (χ1v) is 48.9. The van der Waals surface area contributed by atoms with Crippen molar-refractivity contribution in [3.63, 3.8) is 0 Å². The number of hydrogen-bond donors (Lipinski definition) is 3. The van der Waals surface area contributed by atoms with Crippen LogP contribution in [-0.4, -0.2) is 96.7 Å². The molecule has 0 aliphatic carbocycles. The average molecular weight is 1580 g/mol. The molecule has 0 aromatic heterocycles. The first kappa shape index (κ1) is 106. The van der Waals surface area contributed by atoms with E-state index in [9.17, 15) is 43.2 Å². The van der Waals surface area contributed by atoms with Crippen molar-refractivity contribution in [3.8, 4) is 0 Å². The summed E-state index contributed by atoms with van der Waals surface area (Å²) in [6.45, 7) is 12.1. The van der Waals surface area contributed by atoms with E-state index in [0.717, 1.165) is 108 Å². The van der Waals surface area contributed by atoms with Gasteiger partial charge in [-0.05, 0) is 43.4 Å². The van der Waals surface area contributed by atoms with Crippen LogP contribution < -0.4 is 0 Å². The Bertz CT molecular complexity index is 2080. The van der Waals surface area contributed by atoms with Gasteiger partial charge in [-0.15, -0.1) is 0 Å². The summed E-state index contributed by atoms with van der Waals surface area (Å²) in [6.07, 6.45) is 70.6. The predicted octanol–water partition coefficient (Wildman–Crippen LogP) is 27.3. The Labute approximate surface area is 664 Å². The maximum absolute atomic E-state index is 13.2. The molecule has 0 aromatic rings. The Morgan fingerprint density at radius 2 is 0.472 bits per heavy atom. The van der Waals surface area contributed by atoms with E-state index in [0.29, 0.717) is 25.7 Å². The Balaban J connectivity index is 5.25. The molecule has 0 heterocycles. The summed E-state index contributed by atoms with van der Waals surface area (Å²) in [6, 6.07) is 0. The lowest BCUT2D eigenvalue weighted by molar-refractivity contribution is -0.161. The molecule has 19 heteroatoms. The zero-order valence-corrected chi connectivity index (χ0v) is 73.1. The van der Waals surface area contributed by atoms with Crippen LogP contribution in [0.1, 0.15) is 472 Å². The molecule has 17 nitrogen and oxygen atoms in total. The largest absolute Gasteiger partial charge is 0.472 e. The van der Waals surface area contributed by atoms with Gasteiger partial charge in [0.05, 0.1) is 26.4 Å². The molecule has 0 amide bonds. The van der Waals surface area contributed by atoms with Gasteiger partial charge in [-0.2, -0.15) is 0 Å². The highest BCUT2D eigenvalue weighted by Gasteiger charge is 2.31. The fourth-order valence-electron chi connectivity index (χ4n) is 13.8. The van der Waals surface area contributed by atoms with Crippen LogP contribution >= 0.6 is 15.6 Å². The molecule has 0 saturated carbocycles. The number of rotatable bonds is 87. The fourth-order valence-corrected chi connectivity index (χ4v) is 15.4. The number of unbranched alkanes of at least 4 members (excludes halogenated alkanes) is 53. The summed E-state index contributed by atoms with van der Waals surface area (Å²) in [5, 5.41) is 10.7. The molecule has 0 bridgehead atoms. The molecule has 0 spiro atoms. The van der Waals surface area contributed by atoms with Gasteiger partial charge in [-0.25, -0.2) is 9.13 Å². The summed E-state index contributed by atoms with van der Waals surface area (Å²) in [4.78, 5) is 73.4. The van der Waals surface area contributed by atoms with E-state index in [-0.39, 0.29) is 25.7 Å². The minimum absolute atomic E-state index is 0.108. The van der Waals surface area contributed by atoms with Crippen LogP contribution in [0.5, 0.6) is 0 Å². The first-order valence-electron chi connectivity index (χ1n) is 45.9. The van der Waals surface area contributed by atoms with E-state index in [1.54, 1.807) is 0 Å². The van der Waals surface area contributed by atoms with Crippen molar-refractivity contribution in [1.29, 1.82) is 0 Å². The van der Waals surface area contributed by atoms with Crippen molar-refractivity contribution in [2.75, 3.05) is 39.6 Å². The quantitative estimate of drug-likeness (QED) is 0.0222. The molecule has 0 radical (unpaired) electrons. The smallest absolute Gasteiger partial charge is 0.462 e. The van der Waals surface area contributed by atoms with Crippen molar-refractivity contribution in [2.45, 2.75) is 491 Å². The monoisotopic (exact) mass is 1580 g/mol. The van der Waals surface area contributed by atoms with Crippen molar-refractivity contribution in [1.82, 2.24) is 0 Å². The fraction of sp³-hybridized carbons (Fsp3) is 0.955. The molecular weight excluding hydrogens is 1400 g/mol. The lowest BCUT2D eigenvalue weighted by Gasteiger charge is -2.21. The number of aliphatic hydroxyl groups excluding tert-OH is 1. The molecule has 0 aromatic carbocycles. The van der Waals surface area contributed by atoms with Crippen LogP contribution in [0.15, 0.2) is 0 Å². The highest BCUT2D eigenvalue weighted by Crippen LogP contribution is 2.45. The Kier molecular flexibility index (Phi) is 77.5. The maximum atomic E-state index is 13.2. The maximum Gasteiger partial charge on any atom is 0.472 e. The minimum Gasteiger partial charge on any atom is -0.462 e. The van der Waals surface area contributed by atoms with Crippen molar-refractivity contribution < 1.29 is 80.2 Å². The van der Waals surface area contributed by atoms with Crippen LogP contribution in [0, 0.1) is 17.8 Å². The van der Waals surface area contributed by atoms with Gasteiger partial charge in [0, 0.05) is 25.7 Å². The van der Waals surface area contributed by atoms with Gasteiger partial charge in [-0.3, -0.25) is 37.3 Å². The van der Waals surface area contributed by atoms with Crippen LogP contribution in [0.2, 0.25) is 0 Å². The van der Waals surface area contributed by atoms with E-state index < -0.39 is 97.5 Å². The molecule has 0 aliphatic heterocycles. The third kappa shape index (κ3) is 79.3. The molecule has 642 valence electrons. The van der Waals surface area contributed by atoms with Crippen LogP contribution in [-0.2, 0) is 65.4 Å². The molecule has 7 atom stereocenters. The Morgan fingerprint density at radius 1 is 0.269 bits per heavy atom. The third-order valence-corrected chi connectivity index (χ3v) is 23.5. The summed E-state index contributed by atoms with van der Waals surface area (Å²) >= 11 is 0. The zero-order chi connectivity index (χ0) is 79.3. The van der Waals surface area contributed by atoms with E-state index in [1.165, 1.54) is 283 Å². The third-order valence-electron chi connectivity index (χ3n) is 21.6. The summed E-state index contributed by atoms with van der Waals surface area (Å²) in [7, 11) is -9.93. The van der Waals surface area contributed by atoms with Gasteiger partial charge < -0.3 is 33.8 Å². The molecule has 0 fully saturated rings. The zero-order valence-electron chi connectivity index (χ0n) is 71.3. The number of carbonyl (C=O) groups excluding carboxylic acids is 4. The predicted molar refractivity (Wildman–Crippen MR) is 446 cm³/mol. The molecule has 0 saturated heterocycles. The molecular formula is C89H174O17P2.